The quantitative estimate of drug-likeness (QED) is 0.576. The van der Waals surface area contributed by atoms with Crippen LogP contribution in [0.4, 0.5) is 0 Å². The minimum Gasteiger partial charge on any atom is -0.353 e. The number of nitrogens with one attached hydrogen (secondary N) is 2. The molecule has 4 heterocycles. The van der Waals surface area contributed by atoms with Crippen molar-refractivity contribution in [3.8, 4) is 11.4 Å². The molecule has 138 valence electrons. The number of piperidine rings is 1. The van der Waals surface area contributed by atoms with E-state index in [2.05, 4.69) is 51.6 Å². The number of hydrogen-bond donors (Lipinski definition) is 2. The van der Waals surface area contributed by atoms with E-state index in [9.17, 15) is 0 Å². The van der Waals surface area contributed by atoms with E-state index in [0.29, 0.717) is 5.92 Å². The third-order valence-electron chi connectivity index (χ3n) is 5.85. The third kappa shape index (κ3) is 2.73. The van der Waals surface area contributed by atoms with Crippen molar-refractivity contribution < 1.29 is 0 Å². The van der Waals surface area contributed by atoms with Crippen LogP contribution in [0.5, 0.6) is 0 Å². The predicted octanol–water partition coefficient (Wildman–Crippen LogP) is 4.22. The zero-order chi connectivity index (χ0) is 18.4. The van der Waals surface area contributed by atoms with Gasteiger partial charge in [-0.15, -0.1) is 0 Å². The van der Waals surface area contributed by atoms with Crippen molar-refractivity contribution in [3.05, 3.63) is 53.3 Å². The maximum atomic E-state index is 4.58. The van der Waals surface area contributed by atoms with Crippen LogP contribution < -0.4 is 5.32 Å². The first-order valence-electron chi connectivity index (χ1n) is 9.90. The van der Waals surface area contributed by atoms with E-state index >= 15 is 0 Å². The molecule has 2 N–H and O–H groups in total. The van der Waals surface area contributed by atoms with Gasteiger partial charge in [0.15, 0.2) is 5.65 Å². The largest absolute Gasteiger partial charge is 0.353 e. The molecule has 27 heavy (non-hydrogen) atoms. The summed E-state index contributed by atoms with van der Waals surface area (Å²) in [7, 11) is 0. The summed E-state index contributed by atoms with van der Waals surface area (Å²) in [6.07, 6.45) is 7.24. The highest BCUT2D eigenvalue weighted by atomic mass is 15.3. The molecule has 1 fully saturated rings. The van der Waals surface area contributed by atoms with Gasteiger partial charge in [0.1, 0.15) is 5.69 Å². The molecule has 0 saturated carbocycles. The summed E-state index contributed by atoms with van der Waals surface area (Å²) >= 11 is 0. The molecule has 1 aromatic carbocycles. The summed E-state index contributed by atoms with van der Waals surface area (Å²) in [5.41, 5.74) is 8.20. The highest BCUT2D eigenvalue weighted by Gasteiger charge is 2.19. The van der Waals surface area contributed by atoms with Gasteiger partial charge in [-0.3, -0.25) is 0 Å². The van der Waals surface area contributed by atoms with Gasteiger partial charge in [0.2, 0.25) is 0 Å². The second-order valence-corrected chi connectivity index (χ2v) is 7.61. The van der Waals surface area contributed by atoms with E-state index in [-0.39, 0.29) is 0 Å². The molecular weight excluding hydrogens is 334 g/mol. The van der Waals surface area contributed by atoms with Crippen molar-refractivity contribution in [2.45, 2.75) is 39.0 Å². The lowest BCUT2D eigenvalue weighted by molar-refractivity contribution is 0.460. The van der Waals surface area contributed by atoms with Gasteiger partial charge in [0.25, 0.3) is 0 Å². The van der Waals surface area contributed by atoms with Crippen molar-refractivity contribution in [2.24, 2.45) is 0 Å². The summed E-state index contributed by atoms with van der Waals surface area (Å²) < 4.78 is 1.94. The van der Waals surface area contributed by atoms with Crippen LogP contribution in [0, 0.1) is 6.92 Å². The minimum absolute atomic E-state index is 0.666. The Morgan fingerprint density at radius 3 is 2.81 bits per heavy atom. The number of rotatable bonds is 3. The Morgan fingerprint density at radius 2 is 2.00 bits per heavy atom. The second-order valence-electron chi connectivity index (χ2n) is 7.61. The van der Waals surface area contributed by atoms with Gasteiger partial charge in [-0.1, -0.05) is 13.0 Å². The van der Waals surface area contributed by atoms with Crippen molar-refractivity contribution >= 4 is 16.6 Å². The van der Waals surface area contributed by atoms with Gasteiger partial charge in [-0.05, 0) is 80.1 Å². The standard InChI is InChI=1S/C22H25N5/c1-3-17-18-11-16(15-6-8-23-9-7-15)4-5-19(18)26-22(17)20-13-24-21-10-14(2)12-25-27(20)21/h4-5,10-13,15,23,26H,3,6-9H2,1-2H3. The van der Waals surface area contributed by atoms with Gasteiger partial charge in [0.05, 0.1) is 18.1 Å². The van der Waals surface area contributed by atoms with Crippen molar-refractivity contribution in [1.82, 2.24) is 24.9 Å². The second kappa shape index (κ2) is 6.50. The molecule has 0 aliphatic carbocycles. The summed E-state index contributed by atoms with van der Waals surface area (Å²) in [6.45, 7) is 6.51. The van der Waals surface area contributed by atoms with E-state index in [1.54, 1.807) is 0 Å². The molecule has 5 rings (SSSR count). The molecule has 3 aromatic heterocycles. The number of imidazole rings is 1. The molecule has 0 spiro atoms. The van der Waals surface area contributed by atoms with Crippen LogP contribution in [0.15, 0.2) is 36.7 Å². The van der Waals surface area contributed by atoms with Gasteiger partial charge in [0, 0.05) is 10.9 Å². The molecule has 1 saturated heterocycles. The average Bonchev–Trinajstić information content (AvgIpc) is 3.28. The van der Waals surface area contributed by atoms with E-state index in [1.807, 2.05) is 23.8 Å². The van der Waals surface area contributed by atoms with Crippen molar-refractivity contribution in [2.75, 3.05) is 13.1 Å². The lowest BCUT2D eigenvalue weighted by Gasteiger charge is -2.23. The first-order valence-corrected chi connectivity index (χ1v) is 9.90. The summed E-state index contributed by atoms with van der Waals surface area (Å²) in [4.78, 5) is 8.21. The first kappa shape index (κ1) is 16.5. The summed E-state index contributed by atoms with van der Waals surface area (Å²) in [5.74, 6) is 0.666. The molecule has 0 bridgehead atoms. The molecule has 5 nitrogen and oxygen atoms in total. The molecular formula is C22H25N5. The molecule has 0 atom stereocenters. The molecule has 1 aliphatic heterocycles. The van der Waals surface area contributed by atoms with Crippen LogP contribution in [-0.2, 0) is 6.42 Å². The number of aromatic amines is 1. The number of aryl methyl sites for hydroxylation is 2. The van der Waals surface area contributed by atoms with Crippen molar-refractivity contribution in [1.29, 1.82) is 0 Å². The highest BCUT2D eigenvalue weighted by molar-refractivity contribution is 5.91. The Balaban J connectivity index is 1.65. The number of aromatic nitrogens is 4. The van der Waals surface area contributed by atoms with Crippen LogP contribution in [-0.4, -0.2) is 32.7 Å². The lowest BCUT2D eigenvalue weighted by Crippen LogP contribution is -2.26. The zero-order valence-corrected chi connectivity index (χ0v) is 15.9. The van der Waals surface area contributed by atoms with Crippen LogP contribution in [0.3, 0.4) is 0 Å². The number of nitrogens with zero attached hydrogens (tertiary/aromatic N) is 3. The lowest BCUT2D eigenvalue weighted by atomic mass is 9.89. The van der Waals surface area contributed by atoms with E-state index in [1.165, 1.54) is 34.9 Å². The van der Waals surface area contributed by atoms with E-state index in [4.69, 9.17) is 0 Å². The smallest absolute Gasteiger partial charge is 0.154 e. The normalized spacial score (nSPS) is 15.8. The first-order chi connectivity index (χ1) is 13.2. The highest BCUT2D eigenvalue weighted by Crippen LogP contribution is 2.34. The van der Waals surface area contributed by atoms with Crippen LogP contribution in [0.25, 0.3) is 27.9 Å². The summed E-state index contributed by atoms with van der Waals surface area (Å²) in [6, 6.07) is 9.02. The van der Waals surface area contributed by atoms with Crippen LogP contribution in [0.1, 0.15) is 42.4 Å². The predicted molar refractivity (Wildman–Crippen MR) is 109 cm³/mol. The monoisotopic (exact) mass is 359 g/mol. The maximum Gasteiger partial charge on any atom is 0.154 e. The van der Waals surface area contributed by atoms with Gasteiger partial charge < -0.3 is 10.3 Å². The molecule has 0 amide bonds. The summed E-state index contributed by atoms with van der Waals surface area (Å²) in [5, 5.41) is 9.38. The van der Waals surface area contributed by atoms with Crippen LogP contribution >= 0.6 is 0 Å². The van der Waals surface area contributed by atoms with E-state index in [0.717, 1.165) is 42.1 Å². The number of H-pyrrole nitrogens is 1. The van der Waals surface area contributed by atoms with Crippen molar-refractivity contribution in [3.63, 3.8) is 0 Å². The van der Waals surface area contributed by atoms with Gasteiger partial charge in [-0.25, -0.2) is 9.50 Å². The molecule has 5 heteroatoms. The molecule has 0 radical (unpaired) electrons. The third-order valence-corrected chi connectivity index (χ3v) is 5.85. The molecule has 0 unspecified atom stereocenters. The van der Waals surface area contributed by atoms with Gasteiger partial charge in [-0.2, -0.15) is 5.10 Å². The fourth-order valence-electron chi connectivity index (χ4n) is 4.40. The minimum atomic E-state index is 0.666. The molecule has 1 aliphatic rings. The fraction of sp³-hybridized carbons (Fsp3) is 0.364. The Bertz CT molecular complexity index is 1110. The Morgan fingerprint density at radius 1 is 1.15 bits per heavy atom. The maximum absolute atomic E-state index is 4.58. The zero-order valence-electron chi connectivity index (χ0n) is 15.9. The fourth-order valence-corrected chi connectivity index (χ4v) is 4.40. The Labute approximate surface area is 158 Å². The Hall–Kier alpha value is -2.66. The SMILES string of the molecule is CCc1c(-c2cnc3cc(C)cnn23)[nH]c2ccc(C3CCNCC3)cc12. The number of fused-ring (bicyclic) bond motifs is 2. The van der Waals surface area contributed by atoms with Gasteiger partial charge >= 0.3 is 0 Å². The van der Waals surface area contributed by atoms with Crippen LogP contribution in [0.2, 0.25) is 0 Å². The van der Waals surface area contributed by atoms with E-state index < -0.39 is 0 Å². The Kier molecular flexibility index (Phi) is 3.97. The topological polar surface area (TPSA) is 58.0 Å². The average molecular weight is 359 g/mol. The molecule has 4 aromatic rings. The number of benzene rings is 1. The number of hydrogen-bond acceptors (Lipinski definition) is 3.